The largest absolute Gasteiger partial charge is 0.491 e. The van der Waals surface area contributed by atoms with Crippen molar-refractivity contribution in [2.75, 3.05) is 19.7 Å². The molecule has 0 fully saturated rings. The second-order valence-electron chi connectivity index (χ2n) is 4.69. The number of aliphatic hydroxyl groups excluding tert-OH is 1. The van der Waals surface area contributed by atoms with Gasteiger partial charge in [0.1, 0.15) is 18.5 Å². The third-order valence-electron chi connectivity index (χ3n) is 2.83. The van der Waals surface area contributed by atoms with Gasteiger partial charge in [0.2, 0.25) is 0 Å². The highest BCUT2D eigenvalue weighted by molar-refractivity contribution is 9.10. The maximum Gasteiger partial charge on any atom is 0.120 e. The summed E-state index contributed by atoms with van der Waals surface area (Å²) in [5.41, 5.74) is 0. The number of benzene rings is 1. The van der Waals surface area contributed by atoms with E-state index in [9.17, 15) is 5.11 Å². The lowest BCUT2D eigenvalue weighted by Crippen LogP contribution is -2.32. The molecular formula is C15H24BrNO2. The van der Waals surface area contributed by atoms with Crippen molar-refractivity contribution >= 4 is 15.9 Å². The summed E-state index contributed by atoms with van der Waals surface area (Å²) in [5, 5.41) is 13.0. The van der Waals surface area contributed by atoms with Crippen LogP contribution in [0.15, 0.2) is 28.7 Å². The minimum Gasteiger partial charge on any atom is -0.491 e. The second kappa shape index (κ2) is 10.2. The average Bonchev–Trinajstić information content (AvgIpc) is 2.40. The van der Waals surface area contributed by atoms with Gasteiger partial charge < -0.3 is 15.2 Å². The minimum absolute atomic E-state index is 0.318. The van der Waals surface area contributed by atoms with Gasteiger partial charge in [-0.15, -0.1) is 0 Å². The molecule has 0 radical (unpaired) electrons. The number of halogens is 1. The number of ether oxygens (including phenoxy) is 1. The van der Waals surface area contributed by atoms with E-state index in [4.69, 9.17) is 4.74 Å². The second-order valence-corrected chi connectivity index (χ2v) is 5.60. The van der Waals surface area contributed by atoms with E-state index in [-0.39, 0.29) is 0 Å². The quantitative estimate of drug-likeness (QED) is 0.647. The highest BCUT2D eigenvalue weighted by Crippen LogP contribution is 2.17. The molecule has 0 aliphatic carbocycles. The maximum absolute atomic E-state index is 9.78. The Balaban J connectivity index is 2.06. The molecule has 0 saturated carbocycles. The summed E-state index contributed by atoms with van der Waals surface area (Å²) in [6.07, 6.45) is 4.51. The molecule has 0 saturated heterocycles. The molecule has 19 heavy (non-hydrogen) atoms. The van der Waals surface area contributed by atoms with Crippen LogP contribution in [0.25, 0.3) is 0 Å². The fraction of sp³-hybridized carbons (Fsp3) is 0.600. The lowest BCUT2D eigenvalue weighted by Gasteiger charge is -2.13. The first-order valence-electron chi connectivity index (χ1n) is 6.99. The Hall–Kier alpha value is -0.580. The number of rotatable bonds is 10. The molecule has 1 aromatic carbocycles. The van der Waals surface area contributed by atoms with Gasteiger partial charge in [0.25, 0.3) is 0 Å². The smallest absolute Gasteiger partial charge is 0.120 e. The summed E-state index contributed by atoms with van der Waals surface area (Å²) < 4.78 is 6.50. The molecule has 0 amide bonds. The van der Waals surface area contributed by atoms with Crippen molar-refractivity contribution in [1.82, 2.24) is 5.32 Å². The summed E-state index contributed by atoms with van der Waals surface area (Å²) in [6.45, 7) is 4.07. The molecule has 0 bridgehead atoms. The maximum atomic E-state index is 9.78. The fourth-order valence-electron chi connectivity index (χ4n) is 1.75. The van der Waals surface area contributed by atoms with Gasteiger partial charge in [0.05, 0.1) is 0 Å². The molecule has 0 unspecified atom stereocenters. The highest BCUT2D eigenvalue weighted by Gasteiger charge is 2.04. The van der Waals surface area contributed by atoms with Crippen LogP contribution in [0.1, 0.15) is 32.6 Å². The lowest BCUT2D eigenvalue weighted by molar-refractivity contribution is 0.106. The summed E-state index contributed by atoms with van der Waals surface area (Å²) in [4.78, 5) is 0. The van der Waals surface area contributed by atoms with Crippen molar-refractivity contribution in [3.8, 4) is 5.75 Å². The van der Waals surface area contributed by atoms with Gasteiger partial charge in [-0.1, -0.05) is 48.2 Å². The topological polar surface area (TPSA) is 41.5 Å². The van der Waals surface area contributed by atoms with E-state index in [1.807, 2.05) is 24.3 Å². The van der Waals surface area contributed by atoms with E-state index in [2.05, 4.69) is 28.2 Å². The Bertz CT molecular complexity index is 347. The summed E-state index contributed by atoms with van der Waals surface area (Å²) in [5.74, 6) is 0.774. The zero-order valence-corrected chi connectivity index (χ0v) is 13.2. The summed E-state index contributed by atoms with van der Waals surface area (Å²) in [6, 6.07) is 7.64. The molecule has 1 aromatic rings. The normalized spacial score (nSPS) is 12.4. The molecule has 0 aliphatic heterocycles. The van der Waals surface area contributed by atoms with E-state index in [0.29, 0.717) is 13.2 Å². The zero-order chi connectivity index (χ0) is 13.9. The van der Waals surface area contributed by atoms with Gasteiger partial charge in [-0.3, -0.25) is 0 Å². The van der Waals surface area contributed by atoms with E-state index in [0.717, 1.165) is 16.8 Å². The van der Waals surface area contributed by atoms with Crippen molar-refractivity contribution in [2.45, 2.75) is 38.7 Å². The molecule has 0 heterocycles. The molecule has 2 N–H and O–H groups in total. The van der Waals surface area contributed by atoms with E-state index < -0.39 is 6.10 Å². The van der Waals surface area contributed by atoms with Crippen LogP contribution in [0.2, 0.25) is 0 Å². The first-order chi connectivity index (χ1) is 9.22. The zero-order valence-electron chi connectivity index (χ0n) is 11.6. The third-order valence-corrected chi connectivity index (χ3v) is 3.32. The van der Waals surface area contributed by atoms with Gasteiger partial charge in [-0.05, 0) is 31.2 Å². The SMILES string of the molecule is CCCCCCNC[C@@H](O)COc1cccc(Br)c1. The van der Waals surface area contributed by atoms with Crippen molar-refractivity contribution in [1.29, 1.82) is 0 Å². The fourth-order valence-corrected chi connectivity index (χ4v) is 2.13. The van der Waals surface area contributed by atoms with Crippen molar-refractivity contribution < 1.29 is 9.84 Å². The standard InChI is InChI=1S/C15H24BrNO2/c1-2-3-4-5-9-17-11-14(18)12-19-15-8-6-7-13(16)10-15/h6-8,10,14,17-18H,2-5,9,11-12H2,1H3/t14-/m1/s1. The first-order valence-corrected chi connectivity index (χ1v) is 7.79. The number of aliphatic hydroxyl groups is 1. The Kier molecular flexibility index (Phi) is 8.88. The van der Waals surface area contributed by atoms with Crippen molar-refractivity contribution in [3.05, 3.63) is 28.7 Å². The molecule has 3 nitrogen and oxygen atoms in total. The predicted octanol–water partition coefficient (Wildman–Crippen LogP) is 3.36. The highest BCUT2D eigenvalue weighted by atomic mass is 79.9. The van der Waals surface area contributed by atoms with E-state index in [1.165, 1.54) is 25.7 Å². The minimum atomic E-state index is -0.467. The molecule has 4 heteroatoms. The van der Waals surface area contributed by atoms with Crippen LogP contribution in [-0.4, -0.2) is 30.9 Å². The Labute approximate surface area is 124 Å². The van der Waals surface area contributed by atoms with Crippen LogP contribution >= 0.6 is 15.9 Å². The van der Waals surface area contributed by atoms with Crippen LogP contribution in [0.4, 0.5) is 0 Å². The number of hydrogen-bond donors (Lipinski definition) is 2. The van der Waals surface area contributed by atoms with Crippen molar-refractivity contribution in [3.63, 3.8) is 0 Å². The lowest BCUT2D eigenvalue weighted by atomic mass is 10.2. The van der Waals surface area contributed by atoms with Gasteiger partial charge >= 0.3 is 0 Å². The Morgan fingerprint density at radius 2 is 2.16 bits per heavy atom. The van der Waals surface area contributed by atoms with Gasteiger partial charge in [-0.25, -0.2) is 0 Å². The van der Waals surface area contributed by atoms with Crippen LogP contribution in [-0.2, 0) is 0 Å². The Morgan fingerprint density at radius 1 is 1.32 bits per heavy atom. The average molecular weight is 330 g/mol. The van der Waals surface area contributed by atoms with E-state index in [1.54, 1.807) is 0 Å². The predicted molar refractivity (Wildman–Crippen MR) is 82.7 cm³/mol. The van der Waals surface area contributed by atoms with E-state index >= 15 is 0 Å². The molecule has 1 atom stereocenters. The first kappa shape index (κ1) is 16.5. The van der Waals surface area contributed by atoms with Gasteiger partial charge in [-0.2, -0.15) is 0 Å². The molecule has 108 valence electrons. The van der Waals surface area contributed by atoms with Crippen LogP contribution in [0, 0.1) is 0 Å². The van der Waals surface area contributed by atoms with Gasteiger partial charge in [0, 0.05) is 11.0 Å². The molecule has 0 aromatic heterocycles. The number of hydrogen-bond acceptors (Lipinski definition) is 3. The van der Waals surface area contributed by atoms with Crippen molar-refractivity contribution in [2.24, 2.45) is 0 Å². The third kappa shape index (κ3) is 8.24. The van der Waals surface area contributed by atoms with Crippen LogP contribution in [0.5, 0.6) is 5.75 Å². The number of nitrogens with one attached hydrogen (secondary N) is 1. The van der Waals surface area contributed by atoms with Crippen LogP contribution in [0.3, 0.4) is 0 Å². The molecule has 0 aliphatic rings. The number of unbranched alkanes of at least 4 members (excludes halogenated alkanes) is 3. The monoisotopic (exact) mass is 329 g/mol. The summed E-state index contributed by atoms with van der Waals surface area (Å²) >= 11 is 3.39. The molecular weight excluding hydrogens is 306 g/mol. The van der Waals surface area contributed by atoms with Gasteiger partial charge in [0.15, 0.2) is 0 Å². The summed E-state index contributed by atoms with van der Waals surface area (Å²) in [7, 11) is 0. The molecule has 0 spiro atoms. The Morgan fingerprint density at radius 3 is 2.89 bits per heavy atom. The molecule has 1 rings (SSSR count). The van der Waals surface area contributed by atoms with Crippen LogP contribution < -0.4 is 10.1 Å².